The average molecular weight is 200 g/mol. The molecule has 1 nitrogen and oxygen atoms in total. The van der Waals surface area contributed by atoms with Crippen LogP contribution >= 0.6 is 8.81 Å². The van der Waals surface area contributed by atoms with E-state index in [4.69, 9.17) is 4.52 Å². The molecule has 2 aromatic carbocycles. The van der Waals surface area contributed by atoms with Crippen LogP contribution in [0, 0.1) is 0 Å². The molecule has 1 heterocycles. The van der Waals surface area contributed by atoms with E-state index in [1.165, 1.54) is 16.4 Å². The molecule has 2 heteroatoms. The fourth-order valence-corrected chi connectivity index (χ4v) is 2.59. The minimum absolute atomic E-state index is 0.440. The zero-order valence-electron chi connectivity index (χ0n) is 7.53. The zero-order chi connectivity index (χ0) is 9.38. The summed E-state index contributed by atoms with van der Waals surface area (Å²) in [5, 5.41) is 1.30. The Morgan fingerprint density at radius 2 is 1.50 bits per heavy atom. The standard InChI is InChI=1S/C12H9OP/c1-3-7-11-9(5-1)10-6-2-4-8-12(10)14-13-11/h1-8,14H. The van der Waals surface area contributed by atoms with Crippen LogP contribution in [0.25, 0.3) is 11.1 Å². The van der Waals surface area contributed by atoms with Gasteiger partial charge in [-0.15, -0.1) is 0 Å². The summed E-state index contributed by atoms with van der Waals surface area (Å²) >= 11 is 0. The summed E-state index contributed by atoms with van der Waals surface area (Å²) in [5.41, 5.74) is 2.52. The third-order valence-corrected chi connectivity index (χ3v) is 3.35. The van der Waals surface area contributed by atoms with Crippen LogP contribution < -0.4 is 9.83 Å². The van der Waals surface area contributed by atoms with Gasteiger partial charge in [0.05, 0.1) is 0 Å². The number of para-hydroxylation sites is 1. The maximum Gasteiger partial charge on any atom is 0.131 e. The van der Waals surface area contributed by atoms with Gasteiger partial charge >= 0.3 is 0 Å². The SMILES string of the molecule is c1ccc2c(c1)OPc1ccccc1-2. The molecule has 0 spiro atoms. The van der Waals surface area contributed by atoms with Crippen LogP contribution in [0.4, 0.5) is 0 Å². The van der Waals surface area contributed by atoms with Crippen LogP contribution in [-0.4, -0.2) is 0 Å². The van der Waals surface area contributed by atoms with Crippen LogP contribution in [0.2, 0.25) is 0 Å². The van der Waals surface area contributed by atoms with Crippen molar-refractivity contribution in [1.82, 2.24) is 0 Å². The summed E-state index contributed by atoms with van der Waals surface area (Å²) in [7, 11) is 0.440. The van der Waals surface area contributed by atoms with Crippen molar-refractivity contribution in [1.29, 1.82) is 0 Å². The molecule has 1 aliphatic rings. The van der Waals surface area contributed by atoms with E-state index in [9.17, 15) is 0 Å². The van der Waals surface area contributed by atoms with Crippen LogP contribution in [0.3, 0.4) is 0 Å². The van der Waals surface area contributed by atoms with Crippen molar-refractivity contribution in [2.24, 2.45) is 0 Å². The van der Waals surface area contributed by atoms with Crippen molar-refractivity contribution in [3.05, 3.63) is 48.5 Å². The Balaban J connectivity index is 2.29. The lowest BCUT2D eigenvalue weighted by molar-refractivity contribution is 0.638. The summed E-state index contributed by atoms with van der Waals surface area (Å²) in [5.74, 6) is 1.00. The maximum absolute atomic E-state index is 5.68. The second-order valence-electron chi connectivity index (χ2n) is 3.25. The lowest BCUT2D eigenvalue weighted by Crippen LogP contribution is -2.06. The van der Waals surface area contributed by atoms with Crippen molar-refractivity contribution < 1.29 is 4.52 Å². The minimum atomic E-state index is 0.440. The molecule has 0 amide bonds. The van der Waals surface area contributed by atoms with Gasteiger partial charge in [-0.2, -0.15) is 0 Å². The van der Waals surface area contributed by atoms with Gasteiger partial charge in [-0.3, -0.25) is 0 Å². The molecule has 3 rings (SSSR count). The van der Waals surface area contributed by atoms with E-state index in [-0.39, 0.29) is 0 Å². The molecular formula is C12H9OP. The molecule has 14 heavy (non-hydrogen) atoms. The summed E-state index contributed by atoms with van der Waals surface area (Å²) in [6.45, 7) is 0. The highest BCUT2D eigenvalue weighted by molar-refractivity contribution is 7.43. The van der Waals surface area contributed by atoms with E-state index in [0.29, 0.717) is 8.81 Å². The molecular weight excluding hydrogens is 191 g/mol. The van der Waals surface area contributed by atoms with E-state index in [1.807, 2.05) is 18.2 Å². The Hall–Kier alpha value is -1.33. The molecule has 1 unspecified atom stereocenters. The van der Waals surface area contributed by atoms with Gasteiger partial charge in [-0.25, -0.2) is 0 Å². The molecule has 1 atom stereocenters. The summed E-state index contributed by atoms with van der Waals surface area (Å²) in [6, 6.07) is 16.6. The van der Waals surface area contributed by atoms with Crippen LogP contribution in [-0.2, 0) is 0 Å². The molecule has 0 saturated heterocycles. The number of benzene rings is 2. The van der Waals surface area contributed by atoms with Gasteiger partial charge in [-0.05, 0) is 11.6 Å². The second-order valence-corrected chi connectivity index (χ2v) is 4.19. The third-order valence-electron chi connectivity index (χ3n) is 2.38. The van der Waals surface area contributed by atoms with Crippen molar-refractivity contribution in [2.45, 2.75) is 0 Å². The summed E-state index contributed by atoms with van der Waals surface area (Å²) in [4.78, 5) is 0. The van der Waals surface area contributed by atoms with Crippen LogP contribution in [0.15, 0.2) is 48.5 Å². The first-order chi connectivity index (χ1) is 6.95. The first kappa shape index (κ1) is 8.02. The number of hydrogen-bond donors (Lipinski definition) is 0. The topological polar surface area (TPSA) is 9.23 Å². The minimum Gasteiger partial charge on any atom is -0.472 e. The fourth-order valence-electron chi connectivity index (χ4n) is 1.70. The van der Waals surface area contributed by atoms with Crippen molar-refractivity contribution >= 4 is 14.1 Å². The van der Waals surface area contributed by atoms with Gasteiger partial charge in [0.15, 0.2) is 0 Å². The number of rotatable bonds is 0. The van der Waals surface area contributed by atoms with Gasteiger partial charge in [0.1, 0.15) is 14.6 Å². The second kappa shape index (κ2) is 3.11. The zero-order valence-corrected chi connectivity index (χ0v) is 8.53. The van der Waals surface area contributed by atoms with E-state index in [2.05, 4.69) is 30.3 Å². The maximum atomic E-state index is 5.68. The molecule has 1 aliphatic heterocycles. The van der Waals surface area contributed by atoms with Gasteiger partial charge in [-0.1, -0.05) is 42.5 Å². The molecule has 0 saturated carbocycles. The Morgan fingerprint density at radius 1 is 0.786 bits per heavy atom. The Kier molecular flexibility index (Phi) is 1.78. The van der Waals surface area contributed by atoms with Crippen molar-refractivity contribution in [2.75, 3.05) is 0 Å². The summed E-state index contributed by atoms with van der Waals surface area (Å²) < 4.78 is 5.68. The first-order valence-corrected chi connectivity index (χ1v) is 5.47. The molecule has 0 fully saturated rings. The van der Waals surface area contributed by atoms with Crippen molar-refractivity contribution in [3.8, 4) is 16.9 Å². The Labute approximate surface area is 84.6 Å². The summed E-state index contributed by atoms with van der Waals surface area (Å²) in [6.07, 6.45) is 0. The lowest BCUT2D eigenvalue weighted by Gasteiger charge is -2.19. The molecule has 0 bridgehead atoms. The molecule has 68 valence electrons. The van der Waals surface area contributed by atoms with E-state index in [0.717, 1.165) is 5.75 Å². The number of hydrogen-bond acceptors (Lipinski definition) is 1. The predicted octanol–water partition coefficient (Wildman–Crippen LogP) is 2.96. The molecule has 2 aromatic rings. The van der Waals surface area contributed by atoms with E-state index >= 15 is 0 Å². The van der Waals surface area contributed by atoms with Gasteiger partial charge in [0, 0.05) is 10.9 Å². The van der Waals surface area contributed by atoms with Crippen LogP contribution in [0.5, 0.6) is 5.75 Å². The van der Waals surface area contributed by atoms with E-state index in [1.54, 1.807) is 0 Å². The number of fused-ring (bicyclic) bond motifs is 3. The average Bonchev–Trinajstić information content (AvgIpc) is 2.29. The lowest BCUT2D eigenvalue weighted by atomic mass is 10.0. The Bertz CT molecular complexity index is 434. The normalized spacial score (nSPS) is 14.3. The third kappa shape index (κ3) is 1.13. The van der Waals surface area contributed by atoms with E-state index < -0.39 is 0 Å². The molecule has 0 radical (unpaired) electrons. The largest absolute Gasteiger partial charge is 0.472 e. The fraction of sp³-hybridized carbons (Fsp3) is 0. The quantitative estimate of drug-likeness (QED) is 0.594. The monoisotopic (exact) mass is 200 g/mol. The Morgan fingerprint density at radius 3 is 2.43 bits per heavy atom. The van der Waals surface area contributed by atoms with Gasteiger partial charge in [0.25, 0.3) is 0 Å². The molecule has 0 aliphatic carbocycles. The highest BCUT2D eigenvalue weighted by Crippen LogP contribution is 2.38. The highest BCUT2D eigenvalue weighted by Gasteiger charge is 2.15. The van der Waals surface area contributed by atoms with Crippen LogP contribution in [0.1, 0.15) is 0 Å². The smallest absolute Gasteiger partial charge is 0.131 e. The predicted molar refractivity (Wildman–Crippen MR) is 60.5 cm³/mol. The van der Waals surface area contributed by atoms with Crippen molar-refractivity contribution in [3.63, 3.8) is 0 Å². The highest BCUT2D eigenvalue weighted by atomic mass is 31.1. The molecule has 0 N–H and O–H groups in total. The molecule has 0 aromatic heterocycles. The first-order valence-electron chi connectivity index (χ1n) is 4.56. The van der Waals surface area contributed by atoms with Gasteiger partial charge in [0.2, 0.25) is 0 Å². The van der Waals surface area contributed by atoms with Gasteiger partial charge < -0.3 is 4.52 Å².